The summed E-state index contributed by atoms with van der Waals surface area (Å²) in [4.78, 5) is 8.56. The quantitative estimate of drug-likeness (QED) is 0.877. The lowest BCUT2D eigenvalue weighted by molar-refractivity contribution is 0.662. The zero-order chi connectivity index (χ0) is 11.4. The van der Waals surface area contributed by atoms with Gasteiger partial charge in [0.15, 0.2) is 0 Å². The average Bonchev–Trinajstić information content (AvgIpc) is 2.30. The first-order valence-corrected chi connectivity index (χ1v) is 7.07. The van der Waals surface area contributed by atoms with E-state index in [0.717, 1.165) is 11.5 Å². The standard InChI is InChI=1S/C12H19N3S/c1-9(2)11-7-12(14-8-13-11)15-10-3-5-16-6-4-10/h7-10H,3-6H2,1-2H3,(H,13,14,15). The molecule has 0 saturated carbocycles. The number of nitrogens with zero attached hydrogens (tertiary/aromatic N) is 2. The van der Waals surface area contributed by atoms with E-state index in [1.54, 1.807) is 6.33 Å². The van der Waals surface area contributed by atoms with Crippen LogP contribution in [0, 0.1) is 0 Å². The van der Waals surface area contributed by atoms with Gasteiger partial charge in [0.25, 0.3) is 0 Å². The van der Waals surface area contributed by atoms with E-state index in [9.17, 15) is 0 Å². The molecule has 0 unspecified atom stereocenters. The Hall–Kier alpha value is -0.770. The Bertz CT molecular complexity index is 335. The topological polar surface area (TPSA) is 37.8 Å². The normalized spacial score (nSPS) is 17.7. The SMILES string of the molecule is CC(C)c1cc(NC2CCSCC2)ncn1. The lowest BCUT2D eigenvalue weighted by Gasteiger charge is -2.23. The largest absolute Gasteiger partial charge is 0.367 e. The first-order valence-electron chi connectivity index (χ1n) is 5.92. The zero-order valence-corrected chi connectivity index (χ0v) is 10.8. The van der Waals surface area contributed by atoms with Crippen LogP contribution in [0.1, 0.15) is 38.3 Å². The molecule has 1 aromatic heterocycles. The molecule has 16 heavy (non-hydrogen) atoms. The van der Waals surface area contributed by atoms with Gasteiger partial charge in [0.2, 0.25) is 0 Å². The highest BCUT2D eigenvalue weighted by atomic mass is 32.2. The third kappa shape index (κ3) is 3.11. The average molecular weight is 237 g/mol. The molecule has 1 aliphatic rings. The fourth-order valence-corrected chi connectivity index (χ4v) is 2.92. The first kappa shape index (κ1) is 11.7. The summed E-state index contributed by atoms with van der Waals surface area (Å²) in [5.74, 6) is 3.97. The summed E-state index contributed by atoms with van der Waals surface area (Å²) in [6.07, 6.45) is 4.15. The maximum atomic E-state index is 4.29. The maximum Gasteiger partial charge on any atom is 0.129 e. The molecular formula is C12H19N3S. The van der Waals surface area contributed by atoms with Gasteiger partial charge in [-0.25, -0.2) is 9.97 Å². The second kappa shape index (κ2) is 5.53. The Labute approximate surface area is 101 Å². The highest BCUT2D eigenvalue weighted by molar-refractivity contribution is 7.99. The van der Waals surface area contributed by atoms with Crippen molar-refractivity contribution >= 4 is 17.6 Å². The Morgan fingerprint density at radius 3 is 2.75 bits per heavy atom. The van der Waals surface area contributed by atoms with E-state index in [0.29, 0.717) is 12.0 Å². The smallest absolute Gasteiger partial charge is 0.129 e. The Kier molecular flexibility index (Phi) is 4.04. The van der Waals surface area contributed by atoms with Crippen LogP contribution in [0.15, 0.2) is 12.4 Å². The first-order chi connectivity index (χ1) is 7.75. The van der Waals surface area contributed by atoms with Crippen molar-refractivity contribution in [1.29, 1.82) is 0 Å². The van der Waals surface area contributed by atoms with Gasteiger partial charge in [-0.1, -0.05) is 13.8 Å². The van der Waals surface area contributed by atoms with Crippen molar-refractivity contribution < 1.29 is 0 Å². The van der Waals surface area contributed by atoms with Crippen LogP contribution < -0.4 is 5.32 Å². The van der Waals surface area contributed by atoms with Gasteiger partial charge >= 0.3 is 0 Å². The van der Waals surface area contributed by atoms with Crippen molar-refractivity contribution in [2.75, 3.05) is 16.8 Å². The monoisotopic (exact) mass is 237 g/mol. The van der Waals surface area contributed by atoms with Crippen molar-refractivity contribution in [2.45, 2.75) is 38.6 Å². The van der Waals surface area contributed by atoms with E-state index in [4.69, 9.17) is 0 Å². The molecule has 0 aromatic carbocycles. The molecule has 0 radical (unpaired) electrons. The fraction of sp³-hybridized carbons (Fsp3) is 0.667. The molecule has 1 fully saturated rings. The Morgan fingerprint density at radius 2 is 2.06 bits per heavy atom. The summed E-state index contributed by atoms with van der Waals surface area (Å²) in [5, 5.41) is 3.51. The third-order valence-electron chi connectivity index (χ3n) is 2.85. The minimum Gasteiger partial charge on any atom is -0.367 e. The van der Waals surface area contributed by atoms with Crippen molar-refractivity contribution in [3.8, 4) is 0 Å². The summed E-state index contributed by atoms with van der Waals surface area (Å²) < 4.78 is 0. The predicted octanol–water partition coefficient (Wildman–Crippen LogP) is 2.91. The molecule has 0 amide bonds. The molecule has 3 nitrogen and oxygen atoms in total. The minimum atomic E-state index is 0.463. The second-order valence-corrected chi connectivity index (χ2v) is 5.74. The van der Waals surface area contributed by atoms with Crippen LogP contribution in [0.2, 0.25) is 0 Å². The molecule has 2 heterocycles. The van der Waals surface area contributed by atoms with E-state index in [-0.39, 0.29) is 0 Å². The van der Waals surface area contributed by atoms with E-state index in [2.05, 4.69) is 35.2 Å². The molecule has 0 bridgehead atoms. The van der Waals surface area contributed by atoms with Crippen molar-refractivity contribution in [3.05, 3.63) is 18.1 Å². The van der Waals surface area contributed by atoms with E-state index >= 15 is 0 Å². The van der Waals surface area contributed by atoms with Crippen molar-refractivity contribution in [2.24, 2.45) is 0 Å². The van der Waals surface area contributed by atoms with Crippen LogP contribution >= 0.6 is 11.8 Å². The molecule has 0 atom stereocenters. The molecule has 4 heteroatoms. The van der Waals surface area contributed by atoms with Gasteiger partial charge < -0.3 is 5.32 Å². The van der Waals surface area contributed by atoms with Crippen LogP contribution in [-0.4, -0.2) is 27.5 Å². The fourth-order valence-electron chi connectivity index (χ4n) is 1.82. The number of hydrogen-bond donors (Lipinski definition) is 1. The van der Waals surface area contributed by atoms with Gasteiger partial charge in [-0.3, -0.25) is 0 Å². The highest BCUT2D eigenvalue weighted by Crippen LogP contribution is 2.21. The number of anilines is 1. The minimum absolute atomic E-state index is 0.463. The Morgan fingerprint density at radius 1 is 1.31 bits per heavy atom. The zero-order valence-electron chi connectivity index (χ0n) is 9.94. The summed E-state index contributed by atoms with van der Waals surface area (Å²) in [6, 6.07) is 2.67. The molecule has 1 aromatic rings. The number of rotatable bonds is 3. The van der Waals surface area contributed by atoms with Crippen LogP contribution in [0.3, 0.4) is 0 Å². The van der Waals surface area contributed by atoms with E-state index in [1.807, 2.05) is 11.8 Å². The van der Waals surface area contributed by atoms with Crippen LogP contribution in [-0.2, 0) is 0 Å². The second-order valence-electron chi connectivity index (χ2n) is 4.51. The third-order valence-corrected chi connectivity index (χ3v) is 3.90. The summed E-state index contributed by atoms with van der Waals surface area (Å²) in [5.41, 5.74) is 1.11. The molecule has 1 aliphatic heterocycles. The van der Waals surface area contributed by atoms with Crippen LogP contribution in [0.4, 0.5) is 5.82 Å². The highest BCUT2D eigenvalue weighted by Gasteiger charge is 2.14. The summed E-state index contributed by atoms with van der Waals surface area (Å²) in [6.45, 7) is 4.31. The summed E-state index contributed by atoms with van der Waals surface area (Å²) >= 11 is 2.04. The maximum absolute atomic E-state index is 4.29. The molecule has 2 rings (SSSR count). The van der Waals surface area contributed by atoms with Crippen LogP contribution in [0.25, 0.3) is 0 Å². The van der Waals surface area contributed by atoms with Gasteiger partial charge in [-0.15, -0.1) is 0 Å². The number of thioether (sulfide) groups is 1. The molecular weight excluding hydrogens is 218 g/mol. The molecule has 0 spiro atoms. The van der Waals surface area contributed by atoms with Gasteiger partial charge in [0.05, 0.1) is 0 Å². The van der Waals surface area contributed by atoms with Gasteiger partial charge in [-0.05, 0) is 30.3 Å². The lowest BCUT2D eigenvalue weighted by atomic mass is 10.1. The molecule has 1 N–H and O–H groups in total. The van der Waals surface area contributed by atoms with E-state index < -0.39 is 0 Å². The Balaban J connectivity index is 2.00. The van der Waals surface area contributed by atoms with Crippen LogP contribution in [0.5, 0.6) is 0 Å². The van der Waals surface area contributed by atoms with Crippen molar-refractivity contribution in [3.63, 3.8) is 0 Å². The molecule has 0 aliphatic carbocycles. The van der Waals surface area contributed by atoms with Crippen molar-refractivity contribution in [1.82, 2.24) is 9.97 Å². The molecule has 1 saturated heterocycles. The number of aromatic nitrogens is 2. The van der Waals surface area contributed by atoms with Gasteiger partial charge in [-0.2, -0.15) is 11.8 Å². The van der Waals surface area contributed by atoms with E-state index in [1.165, 1.54) is 24.3 Å². The predicted molar refractivity (Wildman–Crippen MR) is 70.1 cm³/mol. The van der Waals surface area contributed by atoms with Gasteiger partial charge in [0, 0.05) is 17.8 Å². The molecule has 88 valence electrons. The number of hydrogen-bond acceptors (Lipinski definition) is 4. The van der Waals surface area contributed by atoms with Gasteiger partial charge in [0.1, 0.15) is 12.1 Å². The lowest BCUT2D eigenvalue weighted by Crippen LogP contribution is -2.25. The summed E-state index contributed by atoms with van der Waals surface area (Å²) in [7, 11) is 0. The number of nitrogens with one attached hydrogen (secondary N) is 1.